The second-order valence-corrected chi connectivity index (χ2v) is 4.08. The third kappa shape index (κ3) is 1.02. The average molecular weight is 195 g/mol. The second kappa shape index (κ2) is 2.14. The second-order valence-electron chi connectivity index (χ2n) is 2.07. The molecule has 2 aliphatic rings. The van der Waals surface area contributed by atoms with Crippen LogP contribution in [0.4, 0.5) is 0 Å². The van der Waals surface area contributed by atoms with Gasteiger partial charge < -0.3 is 0 Å². The Morgan fingerprint density at radius 2 is 1.22 bits per heavy atom. The monoisotopic (exact) mass is 195 g/mol. The molecule has 0 unspecified atom stereocenters. The molecule has 2 heterocycles. The van der Waals surface area contributed by atoms with Crippen molar-refractivity contribution in [2.45, 2.75) is 0 Å². The molecule has 2 aliphatic heterocycles. The van der Waals surface area contributed by atoms with Gasteiger partial charge in [-0.2, -0.15) is 0 Å². The molecular formula is C8H6Nb. The molecule has 1 aromatic carbocycles. The van der Waals surface area contributed by atoms with Gasteiger partial charge in [-0.05, 0) is 0 Å². The van der Waals surface area contributed by atoms with Gasteiger partial charge in [0.1, 0.15) is 0 Å². The molecule has 1 heteroatoms. The summed E-state index contributed by atoms with van der Waals surface area (Å²) >= 11 is -0.0954. The van der Waals surface area contributed by atoms with Gasteiger partial charge in [0.25, 0.3) is 0 Å². The van der Waals surface area contributed by atoms with Gasteiger partial charge in [0.2, 0.25) is 0 Å². The van der Waals surface area contributed by atoms with Crippen LogP contribution < -0.4 is 0 Å². The fraction of sp³-hybridized carbons (Fsp3) is 0. The molecule has 0 fully saturated rings. The van der Waals surface area contributed by atoms with E-state index in [9.17, 15) is 0 Å². The molecule has 0 radical (unpaired) electrons. The number of fused-ring (bicyclic) bond motifs is 2. The Kier molecular flexibility index (Phi) is 1.31. The molecule has 0 aromatic heterocycles. The average Bonchev–Trinajstić information content (AvgIpc) is 2.21. The third-order valence-corrected chi connectivity index (χ3v) is 3.58. The molecule has 2 bridgehead atoms. The van der Waals surface area contributed by atoms with E-state index in [1.54, 1.807) is 0 Å². The summed E-state index contributed by atoms with van der Waals surface area (Å²) in [5, 5.41) is 0. The molecule has 0 saturated carbocycles. The first-order chi connectivity index (χ1) is 4.45. The van der Waals surface area contributed by atoms with Crippen molar-refractivity contribution < 1.29 is 18.8 Å². The van der Waals surface area contributed by atoms with Gasteiger partial charge in [-0.25, -0.2) is 0 Å². The Bertz CT molecular complexity index is 249. The van der Waals surface area contributed by atoms with Crippen molar-refractivity contribution in [3.8, 4) is 0 Å². The Labute approximate surface area is 62.8 Å². The molecule has 0 spiro atoms. The zero-order chi connectivity index (χ0) is 6.10. The van der Waals surface area contributed by atoms with Gasteiger partial charge in [-0.3, -0.25) is 0 Å². The van der Waals surface area contributed by atoms with Crippen LogP contribution in [0.15, 0.2) is 24.3 Å². The van der Waals surface area contributed by atoms with Gasteiger partial charge in [0.15, 0.2) is 0 Å². The van der Waals surface area contributed by atoms with Gasteiger partial charge in [0.05, 0.1) is 0 Å². The van der Waals surface area contributed by atoms with Gasteiger partial charge in [-0.1, -0.05) is 0 Å². The molecule has 43 valence electrons. The van der Waals surface area contributed by atoms with Gasteiger partial charge in [0, 0.05) is 0 Å². The zero-order valence-corrected chi connectivity index (χ0v) is 7.11. The summed E-state index contributed by atoms with van der Waals surface area (Å²) in [5.41, 5.74) is 2.81. The topological polar surface area (TPSA) is 0 Å². The number of hydrogen-bond donors (Lipinski definition) is 0. The Hall–Kier alpha value is -0.300. The Morgan fingerprint density at radius 1 is 0.778 bits per heavy atom. The van der Waals surface area contributed by atoms with E-state index in [4.69, 9.17) is 0 Å². The van der Waals surface area contributed by atoms with Gasteiger partial charge in [-0.15, -0.1) is 0 Å². The summed E-state index contributed by atoms with van der Waals surface area (Å²) in [7, 11) is 0. The van der Waals surface area contributed by atoms with Crippen LogP contribution in [0.5, 0.6) is 0 Å². The molecule has 3 rings (SSSR count). The van der Waals surface area contributed by atoms with Crippen LogP contribution in [0.25, 0.3) is 0 Å². The predicted molar refractivity (Wildman–Crippen MR) is 36.8 cm³/mol. The summed E-state index contributed by atoms with van der Waals surface area (Å²) in [6, 6.07) is 8.76. The summed E-state index contributed by atoms with van der Waals surface area (Å²) in [6.45, 7) is 0. The summed E-state index contributed by atoms with van der Waals surface area (Å²) < 4.78 is 4.76. The predicted octanol–water partition coefficient (Wildman–Crippen LogP) is 1.08. The van der Waals surface area contributed by atoms with Crippen molar-refractivity contribution >= 4 is 8.45 Å². The minimum absolute atomic E-state index is 0.0954. The first-order valence-corrected chi connectivity index (χ1v) is 5.45. The van der Waals surface area contributed by atoms with E-state index in [1.807, 2.05) is 0 Å². The van der Waals surface area contributed by atoms with Crippen LogP contribution in [-0.4, -0.2) is 8.45 Å². The van der Waals surface area contributed by atoms with E-state index in [0.717, 1.165) is 0 Å². The minimum atomic E-state index is -0.0954. The first kappa shape index (κ1) is 5.48. The van der Waals surface area contributed by atoms with Crippen LogP contribution in [0.1, 0.15) is 11.1 Å². The van der Waals surface area contributed by atoms with Crippen LogP contribution in [0.3, 0.4) is 0 Å². The van der Waals surface area contributed by atoms with Gasteiger partial charge >= 0.3 is 62.7 Å². The van der Waals surface area contributed by atoms with Crippen molar-refractivity contribution in [1.82, 2.24) is 0 Å². The molecule has 9 heavy (non-hydrogen) atoms. The first-order valence-electron chi connectivity index (χ1n) is 2.92. The molecule has 1 aromatic rings. The molecule has 0 atom stereocenters. The van der Waals surface area contributed by atoms with Crippen molar-refractivity contribution in [3.05, 3.63) is 35.4 Å². The number of rotatable bonds is 0. The van der Waals surface area contributed by atoms with Crippen molar-refractivity contribution in [1.29, 1.82) is 0 Å². The van der Waals surface area contributed by atoms with Crippen LogP contribution >= 0.6 is 0 Å². The molecular weight excluding hydrogens is 189 g/mol. The normalized spacial score (nSPS) is 12.0. The third-order valence-electron chi connectivity index (χ3n) is 1.38. The van der Waals surface area contributed by atoms with Crippen LogP contribution in [-0.2, 0) is 18.8 Å². The van der Waals surface area contributed by atoms with Crippen LogP contribution in [0.2, 0.25) is 0 Å². The molecule has 0 N–H and O–H groups in total. The van der Waals surface area contributed by atoms with E-state index in [-0.39, 0.29) is 18.8 Å². The van der Waals surface area contributed by atoms with Crippen molar-refractivity contribution in [3.63, 3.8) is 0 Å². The summed E-state index contributed by atoms with van der Waals surface area (Å²) in [6.07, 6.45) is 0. The van der Waals surface area contributed by atoms with Crippen molar-refractivity contribution in [2.75, 3.05) is 0 Å². The van der Waals surface area contributed by atoms with E-state index >= 15 is 0 Å². The molecule has 0 saturated heterocycles. The van der Waals surface area contributed by atoms with Crippen molar-refractivity contribution in [2.24, 2.45) is 0 Å². The fourth-order valence-corrected chi connectivity index (χ4v) is 2.75. The van der Waals surface area contributed by atoms with E-state index < -0.39 is 0 Å². The molecule has 0 aliphatic carbocycles. The summed E-state index contributed by atoms with van der Waals surface area (Å²) in [5.74, 6) is 0. The van der Waals surface area contributed by atoms with E-state index in [2.05, 4.69) is 32.7 Å². The van der Waals surface area contributed by atoms with Crippen LogP contribution in [0, 0.1) is 0 Å². The SMILES string of the molecule is [CH]1=[Nb]=[CH]c2ccc1cc2. The maximum atomic E-state index is 2.38. The number of benzene rings is 1. The fourth-order valence-electron chi connectivity index (χ4n) is 0.878. The van der Waals surface area contributed by atoms with E-state index in [0.29, 0.717) is 0 Å². The Balaban J connectivity index is 2.84. The van der Waals surface area contributed by atoms with E-state index in [1.165, 1.54) is 11.1 Å². The molecule has 0 amide bonds. The number of hydrogen-bond acceptors (Lipinski definition) is 0. The quantitative estimate of drug-likeness (QED) is 0.552. The summed E-state index contributed by atoms with van der Waals surface area (Å²) in [4.78, 5) is 0. The molecule has 0 nitrogen and oxygen atoms in total. The standard InChI is InChI=1S/C8H6.Nb/c1-7-3-5-8(2)6-4-7;/h1-6H;. The maximum absolute atomic E-state index is 2.38. The Morgan fingerprint density at radius 3 is 1.67 bits per heavy atom. The zero-order valence-electron chi connectivity index (χ0n) is 4.91.